The van der Waals surface area contributed by atoms with Gasteiger partial charge in [0.15, 0.2) is 0 Å². The molecule has 1 N–H and O–H groups in total. The van der Waals surface area contributed by atoms with Crippen LogP contribution < -0.4 is 10.2 Å². The first-order chi connectivity index (χ1) is 10.2. The number of carbonyl (C=O) groups excluding carboxylic acids is 1. The lowest BCUT2D eigenvalue weighted by Gasteiger charge is -2.35. The Morgan fingerprint density at radius 2 is 2.23 bits per heavy atom. The number of ether oxygens (including phenoxy) is 1. The van der Waals surface area contributed by atoms with E-state index in [0.717, 1.165) is 36.9 Å². The van der Waals surface area contributed by atoms with Gasteiger partial charge in [-0.15, -0.1) is 0 Å². The molecule has 1 aromatic heterocycles. The summed E-state index contributed by atoms with van der Waals surface area (Å²) in [6.07, 6.45) is 1.86. The van der Waals surface area contributed by atoms with Gasteiger partial charge in [-0.2, -0.15) is 4.37 Å². The van der Waals surface area contributed by atoms with Crippen LogP contribution in [0.1, 0.15) is 46.4 Å². The number of carbonyl (C=O) groups is 1. The highest BCUT2D eigenvalue weighted by Crippen LogP contribution is 2.26. The van der Waals surface area contributed by atoms with Crippen molar-refractivity contribution in [3.05, 3.63) is 5.82 Å². The number of aromatic nitrogens is 2. The van der Waals surface area contributed by atoms with Gasteiger partial charge in [0, 0.05) is 30.7 Å². The van der Waals surface area contributed by atoms with E-state index in [2.05, 4.69) is 19.6 Å². The summed E-state index contributed by atoms with van der Waals surface area (Å²) in [5, 5.41) is 3.94. The maximum absolute atomic E-state index is 11.9. The number of nitrogens with zero attached hydrogens (tertiary/aromatic N) is 3. The van der Waals surface area contributed by atoms with Gasteiger partial charge in [-0.05, 0) is 53.4 Å². The highest BCUT2D eigenvalue weighted by atomic mass is 32.1. The van der Waals surface area contributed by atoms with Crippen LogP contribution in [-0.4, -0.2) is 40.2 Å². The minimum atomic E-state index is -0.466. The smallest absolute Gasteiger partial charge is 0.407 e. The zero-order chi connectivity index (χ0) is 16.3. The molecular weight excluding hydrogens is 300 g/mol. The predicted octanol–water partition coefficient (Wildman–Crippen LogP) is 2.98. The second-order valence-corrected chi connectivity index (χ2v) is 7.64. The molecule has 2 heterocycles. The number of anilines is 1. The highest BCUT2D eigenvalue weighted by Gasteiger charge is 2.28. The van der Waals surface area contributed by atoms with Crippen molar-refractivity contribution in [2.45, 2.75) is 59.1 Å². The highest BCUT2D eigenvalue weighted by molar-refractivity contribution is 7.09. The van der Waals surface area contributed by atoms with Gasteiger partial charge in [0.05, 0.1) is 0 Å². The molecule has 0 bridgehead atoms. The number of aryl methyl sites for hydroxylation is 1. The summed E-state index contributed by atoms with van der Waals surface area (Å²) in [4.78, 5) is 18.6. The van der Waals surface area contributed by atoms with Crippen molar-refractivity contribution in [3.63, 3.8) is 0 Å². The Kier molecular flexibility index (Phi) is 5.26. The van der Waals surface area contributed by atoms with Crippen LogP contribution in [0.5, 0.6) is 0 Å². The molecule has 1 aliphatic rings. The Bertz CT molecular complexity index is 512. The third-order valence-electron chi connectivity index (χ3n) is 3.70. The van der Waals surface area contributed by atoms with E-state index in [0.29, 0.717) is 5.92 Å². The Hall–Kier alpha value is -1.37. The number of hydrogen-bond acceptors (Lipinski definition) is 6. The molecule has 0 aliphatic carbocycles. The van der Waals surface area contributed by atoms with Crippen LogP contribution in [0.25, 0.3) is 0 Å². The molecule has 1 amide bonds. The number of nitrogens with one attached hydrogen (secondary N) is 1. The van der Waals surface area contributed by atoms with Gasteiger partial charge in [-0.3, -0.25) is 0 Å². The zero-order valence-corrected chi connectivity index (χ0v) is 14.9. The SMILES string of the molecule is Cc1nsc(N2CCC[C@@H]([C@@H](C)NC(=O)OC(C)(C)C)C2)n1. The van der Waals surface area contributed by atoms with Crippen molar-refractivity contribution in [2.24, 2.45) is 5.92 Å². The summed E-state index contributed by atoms with van der Waals surface area (Å²) in [5.41, 5.74) is -0.466. The topological polar surface area (TPSA) is 67.4 Å². The molecule has 22 heavy (non-hydrogen) atoms. The fraction of sp³-hybridized carbons (Fsp3) is 0.800. The second kappa shape index (κ2) is 6.81. The summed E-state index contributed by atoms with van der Waals surface area (Å²) >= 11 is 1.44. The monoisotopic (exact) mass is 326 g/mol. The van der Waals surface area contributed by atoms with Crippen LogP contribution in [0.3, 0.4) is 0 Å². The van der Waals surface area contributed by atoms with E-state index in [-0.39, 0.29) is 12.1 Å². The maximum atomic E-state index is 11.9. The van der Waals surface area contributed by atoms with Crippen molar-refractivity contribution >= 4 is 22.8 Å². The van der Waals surface area contributed by atoms with Crippen molar-refractivity contribution in [1.82, 2.24) is 14.7 Å². The van der Waals surface area contributed by atoms with Gasteiger partial charge in [-0.1, -0.05) is 0 Å². The molecule has 1 saturated heterocycles. The number of rotatable bonds is 3. The Morgan fingerprint density at radius 3 is 2.82 bits per heavy atom. The molecular formula is C15H26N4O2S. The molecule has 0 unspecified atom stereocenters. The Morgan fingerprint density at radius 1 is 1.50 bits per heavy atom. The molecule has 6 nitrogen and oxygen atoms in total. The standard InChI is InChI=1S/C15H26N4O2S/c1-10(16-14(20)21-15(3,4)5)12-7-6-8-19(9-12)13-17-11(2)18-22-13/h10,12H,6-9H2,1-5H3,(H,16,20)/t10-,12-/m1/s1. The summed E-state index contributed by atoms with van der Waals surface area (Å²) in [7, 11) is 0. The lowest BCUT2D eigenvalue weighted by Crippen LogP contribution is -2.47. The first-order valence-corrected chi connectivity index (χ1v) is 8.57. The largest absolute Gasteiger partial charge is 0.444 e. The van der Waals surface area contributed by atoms with E-state index in [1.165, 1.54) is 11.5 Å². The first kappa shape index (κ1) is 17.0. The Balaban J connectivity index is 1.90. The minimum absolute atomic E-state index is 0.0756. The average Bonchev–Trinajstić information content (AvgIpc) is 2.83. The summed E-state index contributed by atoms with van der Waals surface area (Å²) in [6, 6.07) is 0.0756. The van der Waals surface area contributed by atoms with Crippen LogP contribution in [0, 0.1) is 12.8 Å². The fourth-order valence-electron chi connectivity index (χ4n) is 2.62. The van der Waals surface area contributed by atoms with Crippen LogP contribution in [0.15, 0.2) is 0 Å². The van der Waals surface area contributed by atoms with Gasteiger partial charge in [-0.25, -0.2) is 9.78 Å². The fourth-order valence-corrected chi connectivity index (χ4v) is 3.33. The summed E-state index contributed by atoms with van der Waals surface area (Å²) in [5.74, 6) is 1.22. The van der Waals surface area contributed by atoms with Gasteiger partial charge in [0.2, 0.25) is 5.13 Å². The molecule has 124 valence electrons. The van der Waals surface area contributed by atoms with Crippen molar-refractivity contribution < 1.29 is 9.53 Å². The van der Waals surface area contributed by atoms with Crippen LogP contribution in [0.2, 0.25) is 0 Å². The minimum Gasteiger partial charge on any atom is -0.444 e. The molecule has 2 rings (SSSR count). The maximum Gasteiger partial charge on any atom is 0.407 e. The van der Waals surface area contributed by atoms with E-state index >= 15 is 0 Å². The molecule has 7 heteroatoms. The van der Waals surface area contributed by atoms with Crippen molar-refractivity contribution in [2.75, 3.05) is 18.0 Å². The van der Waals surface area contributed by atoms with Crippen molar-refractivity contribution in [3.8, 4) is 0 Å². The van der Waals surface area contributed by atoms with E-state index < -0.39 is 5.60 Å². The lowest BCUT2D eigenvalue weighted by molar-refractivity contribution is 0.0489. The number of hydrogen-bond donors (Lipinski definition) is 1. The Labute approximate surface area is 136 Å². The molecule has 1 aliphatic heterocycles. The van der Waals surface area contributed by atoms with Gasteiger partial charge >= 0.3 is 6.09 Å². The molecule has 1 fully saturated rings. The summed E-state index contributed by atoms with van der Waals surface area (Å²) in [6.45, 7) is 11.5. The molecule has 0 spiro atoms. The third-order valence-corrected chi connectivity index (χ3v) is 4.57. The molecule has 0 saturated carbocycles. The number of amides is 1. The van der Waals surface area contributed by atoms with E-state index in [1.807, 2.05) is 34.6 Å². The summed E-state index contributed by atoms with van der Waals surface area (Å²) < 4.78 is 9.58. The second-order valence-electron chi connectivity index (χ2n) is 6.91. The average molecular weight is 326 g/mol. The predicted molar refractivity (Wildman–Crippen MR) is 88.4 cm³/mol. The van der Waals surface area contributed by atoms with E-state index in [1.54, 1.807) is 0 Å². The first-order valence-electron chi connectivity index (χ1n) is 7.79. The normalized spacial score (nSPS) is 20.6. The third kappa shape index (κ3) is 4.83. The van der Waals surface area contributed by atoms with Crippen molar-refractivity contribution in [1.29, 1.82) is 0 Å². The molecule has 2 atom stereocenters. The molecule has 0 aromatic carbocycles. The van der Waals surface area contributed by atoms with Crippen LogP contribution in [-0.2, 0) is 4.74 Å². The van der Waals surface area contributed by atoms with E-state index in [9.17, 15) is 4.79 Å². The molecule has 0 radical (unpaired) electrons. The van der Waals surface area contributed by atoms with Crippen LogP contribution in [0.4, 0.5) is 9.93 Å². The quantitative estimate of drug-likeness (QED) is 0.925. The van der Waals surface area contributed by atoms with Gasteiger partial charge in [0.1, 0.15) is 11.4 Å². The van der Waals surface area contributed by atoms with Crippen LogP contribution >= 0.6 is 11.5 Å². The number of piperidine rings is 1. The van der Waals surface area contributed by atoms with Gasteiger partial charge in [0.25, 0.3) is 0 Å². The lowest BCUT2D eigenvalue weighted by atomic mass is 9.92. The van der Waals surface area contributed by atoms with E-state index in [4.69, 9.17) is 4.74 Å². The number of alkyl carbamates (subject to hydrolysis) is 1. The zero-order valence-electron chi connectivity index (χ0n) is 14.0. The van der Waals surface area contributed by atoms with Gasteiger partial charge < -0.3 is 15.0 Å². The molecule has 1 aromatic rings.